The Morgan fingerprint density at radius 1 is 0.877 bits per heavy atom. The number of amides is 3. The molecule has 1 saturated carbocycles. The van der Waals surface area contributed by atoms with E-state index >= 15 is 0 Å². The van der Waals surface area contributed by atoms with Crippen molar-refractivity contribution in [2.45, 2.75) is 75.5 Å². The van der Waals surface area contributed by atoms with Gasteiger partial charge < -0.3 is 25.0 Å². The Morgan fingerprint density at radius 3 is 2.39 bits per heavy atom. The maximum Gasteiger partial charge on any atom is 0.329 e. The lowest BCUT2D eigenvalue weighted by Gasteiger charge is -2.42. The monoisotopic (exact) mass is 769 g/mol. The van der Waals surface area contributed by atoms with Crippen LogP contribution < -0.4 is 26.5 Å². The van der Waals surface area contributed by atoms with Crippen molar-refractivity contribution in [2.24, 2.45) is 7.05 Å². The molecule has 15 nitrogen and oxygen atoms in total. The summed E-state index contributed by atoms with van der Waals surface area (Å²) in [5.41, 5.74) is 7.17. The average molecular weight is 770 g/mol. The fourth-order valence-corrected chi connectivity index (χ4v) is 9.54. The molecule has 1 aliphatic carbocycles. The van der Waals surface area contributed by atoms with Gasteiger partial charge in [0.1, 0.15) is 6.04 Å². The van der Waals surface area contributed by atoms with Gasteiger partial charge in [-0.25, -0.2) is 14.3 Å². The molecule has 0 radical (unpaired) electrons. The number of aromatic nitrogens is 6. The van der Waals surface area contributed by atoms with Gasteiger partial charge in [0.05, 0.1) is 34.3 Å². The third-order valence-electron chi connectivity index (χ3n) is 12.7. The van der Waals surface area contributed by atoms with E-state index in [1.807, 2.05) is 25.2 Å². The van der Waals surface area contributed by atoms with Crippen LogP contribution in [0, 0.1) is 0 Å². The minimum Gasteiger partial charge on any atom is -0.385 e. The molecule has 0 spiro atoms. The van der Waals surface area contributed by atoms with E-state index in [0.29, 0.717) is 29.8 Å². The quantitative estimate of drug-likeness (QED) is 0.193. The number of para-hydroxylation sites is 2. The summed E-state index contributed by atoms with van der Waals surface area (Å²) in [6.45, 7) is 3.77. The molecular weight excluding hydrogens is 723 g/mol. The number of imide groups is 1. The Morgan fingerprint density at radius 2 is 1.63 bits per heavy atom. The van der Waals surface area contributed by atoms with Gasteiger partial charge in [0.25, 0.3) is 5.91 Å². The van der Waals surface area contributed by atoms with Crippen LogP contribution in [0.2, 0.25) is 0 Å². The van der Waals surface area contributed by atoms with Crippen molar-refractivity contribution in [3.05, 3.63) is 77.1 Å². The minimum atomic E-state index is -0.701. The highest BCUT2D eigenvalue weighted by Crippen LogP contribution is 2.38. The van der Waals surface area contributed by atoms with Gasteiger partial charge in [0.15, 0.2) is 11.3 Å². The Labute approximate surface area is 328 Å². The second-order valence-electron chi connectivity index (χ2n) is 16.1. The lowest BCUT2D eigenvalue weighted by Crippen LogP contribution is -2.48. The number of nitrogens with one attached hydrogen (secondary N) is 3. The number of hydrogen-bond donors (Lipinski definition) is 3. The maximum atomic E-state index is 13.5. The number of anilines is 2. The summed E-state index contributed by atoms with van der Waals surface area (Å²) in [5, 5.41) is 14.9. The van der Waals surface area contributed by atoms with Crippen molar-refractivity contribution in [1.82, 2.24) is 43.8 Å². The summed E-state index contributed by atoms with van der Waals surface area (Å²) in [5.74, 6) is -0.863. The molecule has 0 bridgehead atoms. The van der Waals surface area contributed by atoms with E-state index in [1.165, 1.54) is 5.52 Å². The number of hydrogen-bond acceptors (Lipinski definition) is 9. The van der Waals surface area contributed by atoms with E-state index in [4.69, 9.17) is 5.10 Å². The van der Waals surface area contributed by atoms with Crippen LogP contribution in [0.4, 0.5) is 11.4 Å². The first kappa shape index (κ1) is 35.5. The number of piperidine rings is 3. The standard InChI is InChI=1S/C42H47N11O4/c1-43-31-22-30(47-53-36(23-44-39(31)53)41(56)45-25-10-11-25)29-24-51(32-7-4-3-6-28(29)32)27-16-18-49(19-17-27)26-14-20-50(21-15-26)33-8-5-9-34-38(33)48(2)42(57)52(34)35-12-13-37(54)46-40(35)55/h3-9,22-27,35,43H,10-21H2,1-2H3,(H,45,56)(H,46,54,55). The second kappa shape index (κ2) is 13.9. The zero-order chi connectivity index (χ0) is 38.9. The molecule has 2 aromatic carbocycles. The van der Waals surface area contributed by atoms with Crippen LogP contribution in [0.15, 0.2) is 65.7 Å². The molecule has 4 aromatic heterocycles. The lowest BCUT2D eigenvalue weighted by atomic mass is 9.97. The smallest absolute Gasteiger partial charge is 0.329 e. The highest BCUT2D eigenvalue weighted by Gasteiger charge is 2.34. The number of carbonyl (C=O) groups is 3. The lowest BCUT2D eigenvalue weighted by molar-refractivity contribution is -0.135. The highest BCUT2D eigenvalue weighted by atomic mass is 16.2. The molecule has 3 saturated heterocycles. The van der Waals surface area contributed by atoms with E-state index < -0.39 is 11.9 Å². The van der Waals surface area contributed by atoms with E-state index in [1.54, 1.807) is 26.9 Å². The molecular formula is C42H47N11O4. The average Bonchev–Trinajstić information content (AvgIpc) is 3.71. The highest BCUT2D eigenvalue weighted by molar-refractivity contribution is 6.01. The summed E-state index contributed by atoms with van der Waals surface area (Å²) in [6.07, 6.45) is 10.5. The van der Waals surface area contributed by atoms with Crippen molar-refractivity contribution in [1.29, 1.82) is 0 Å². The van der Waals surface area contributed by atoms with Gasteiger partial charge in [-0.1, -0.05) is 24.3 Å². The number of fused-ring (bicyclic) bond motifs is 3. The summed E-state index contributed by atoms with van der Waals surface area (Å²) in [4.78, 5) is 60.8. The third kappa shape index (κ3) is 6.06. The van der Waals surface area contributed by atoms with Gasteiger partial charge in [-0.15, -0.1) is 0 Å². The summed E-state index contributed by atoms with van der Waals surface area (Å²) >= 11 is 0. The Kier molecular flexibility index (Phi) is 8.65. The molecule has 3 N–H and O–H groups in total. The van der Waals surface area contributed by atoms with Crippen molar-refractivity contribution < 1.29 is 14.4 Å². The van der Waals surface area contributed by atoms with Crippen molar-refractivity contribution in [3.8, 4) is 11.3 Å². The fraction of sp³-hybridized carbons (Fsp3) is 0.429. The first-order valence-electron chi connectivity index (χ1n) is 20.3. The molecule has 1 atom stereocenters. The molecule has 3 amide bonds. The number of likely N-dealkylation sites (tertiary alicyclic amines) is 1. The Bertz CT molecular complexity index is 2630. The summed E-state index contributed by atoms with van der Waals surface area (Å²) < 4.78 is 7.33. The van der Waals surface area contributed by atoms with Crippen LogP contribution >= 0.6 is 0 Å². The van der Waals surface area contributed by atoms with Gasteiger partial charge in [-0.05, 0) is 69.2 Å². The number of nitrogens with zero attached hydrogens (tertiary/aromatic N) is 8. The number of benzene rings is 2. The van der Waals surface area contributed by atoms with Crippen LogP contribution in [0.1, 0.15) is 73.9 Å². The second-order valence-corrected chi connectivity index (χ2v) is 16.1. The zero-order valence-corrected chi connectivity index (χ0v) is 32.3. The topological polar surface area (TPSA) is 156 Å². The van der Waals surface area contributed by atoms with Crippen LogP contribution in [0.5, 0.6) is 0 Å². The molecule has 10 rings (SSSR count). The number of imidazole rings is 2. The van der Waals surface area contributed by atoms with Crippen LogP contribution in [0.3, 0.4) is 0 Å². The first-order valence-corrected chi connectivity index (χ1v) is 20.3. The fourth-order valence-electron chi connectivity index (χ4n) is 9.54. The number of aryl methyl sites for hydroxylation is 1. The molecule has 4 aliphatic rings. The molecule has 15 heteroatoms. The number of carbonyl (C=O) groups excluding carboxylic acids is 3. The van der Waals surface area contributed by atoms with E-state index in [2.05, 4.69) is 71.8 Å². The van der Waals surface area contributed by atoms with Crippen molar-refractivity contribution >= 4 is 56.7 Å². The van der Waals surface area contributed by atoms with Crippen molar-refractivity contribution in [3.63, 3.8) is 0 Å². The third-order valence-corrected chi connectivity index (χ3v) is 12.7. The SMILES string of the molecule is CNc1cc(-c2cn(C3CCN(C4CCN(c5cccc6c5n(C)c(=O)n6C5CCC(=O)NC5=O)CC4)CC3)c3ccccc23)nn2c(C(=O)NC3CC3)cnc12. The summed E-state index contributed by atoms with van der Waals surface area (Å²) in [6, 6.07) is 16.8. The largest absolute Gasteiger partial charge is 0.385 e. The van der Waals surface area contributed by atoms with Gasteiger partial charge in [-0.2, -0.15) is 5.10 Å². The van der Waals surface area contributed by atoms with E-state index in [-0.39, 0.29) is 30.0 Å². The van der Waals surface area contributed by atoms with Crippen LogP contribution in [0.25, 0.3) is 38.8 Å². The molecule has 3 aliphatic heterocycles. The molecule has 6 aromatic rings. The van der Waals surface area contributed by atoms with Crippen molar-refractivity contribution in [2.75, 3.05) is 43.4 Å². The summed E-state index contributed by atoms with van der Waals surface area (Å²) in [7, 11) is 3.64. The zero-order valence-electron chi connectivity index (χ0n) is 32.3. The maximum absolute atomic E-state index is 13.5. The van der Waals surface area contributed by atoms with Gasteiger partial charge in [-0.3, -0.25) is 28.8 Å². The van der Waals surface area contributed by atoms with Gasteiger partial charge in [0.2, 0.25) is 11.8 Å². The predicted molar refractivity (Wildman–Crippen MR) is 218 cm³/mol. The molecule has 1 unspecified atom stereocenters. The Hall–Kier alpha value is -5.96. The molecule has 7 heterocycles. The first-order chi connectivity index (χ1) is 27.8. The molecule has 294 valence electrons. The van der Waals surface area contributed by atoms with Gasteiger partial charge >= 0.3 is 5.69 Å². The predicted octanol–water partition coefficient (Wildman–Crippen LogP) is 4.22. The van der Waals surface area contributed by atoms with E-state index in [9.17, 15) is 19.2 Å². The normalized spacial score (nSPS) is 20.2. The molecule has 57 heavy (non-hydrogen) atoms. The number of rotatable bonds is 8. The van der Waals surface area contributed by atoms with Crippen LogP contribution in [-0.4, -0.2) is 96.2 Å². The van der Waals surface area contributed by atoms with Gasteiger partial charge in [0, 0.05) is 87.5 Å². The molecule has 4 fully saturated rings. The minimum absolute atomic E-state index is 0.150. The van der Waals surface area contributed by atoms with Crippen LogP contribution in [-0.2, 0) is 16.6 Å². The Balaban J connectivity index is 0.850. The van der Waals surface area contributed by atoms with E-state index in [0.717, 1.165) is 104 Å².